The van der Waals surface area contributed by atoms with Crippen LogP contribution in [-0.2, 0) is 15.0 Å². The van der Waals surface area contributed by atoms with Gasteiger partial charge in [0.05, 0.1) is 11.6 Å². The fourth-order valence-corrected chi connectivity index (χ4v) is 3.93. The van der Waals surface area contributed by atoms with E-state index in [1.54, 1.807) is 12.1 Å². The third-order valence-electron chi connectivity index (χ3n) is 5.86. The van der Waals surface area contributed by atoms with E-state index in [-0.39, 0.29) is 22.5 Å². The van der Waals surface area contributed by atoms with Crippen LogP contribution in [0, 0.1) is 6.92 Å². The summed E-state index contributed by atoms with van der Waals surface area (Å²) in [5.41, 5.74) is 3.06. The summed E-state index contributed by atoms with van der Waals surface area (Å²) >= 11 is 0. The molecule has 2 aromatic rings. The highest BCUT2D eigenvalue weighted by Crippen LogP contribution is 2.41. The Balaban J connectivity index is 2.22. The summed E-state index contributed by atoms with van der Waals surface area (Å²) in [6.07, 6.45) is 1.62. The van der Waals surface area contributed by atoms with Crippen molar-refractivity contribution in [2.75, 3.05) is 6.54 Å². The molecule has 31 heavy (non-hydrogen) atoms. The van der Waals surface area contributed by atoms with Crippen LogP contribution < -0.4 is 0 Å². The lowest BCUT2D eigenvalue weighted by molar-refractivity contribution is -0.139. The zero-order chi connectivity index (χ0) is 22.9. The fraction of sp³-hybridized carbons (Fsp3) is 0.385. The number of phenols is 1. The average Bonchev–Trinajstić information content (AvgIpc) is 2.96. The second kappa shape index (κ2) is 8.58. The number of Topliss-reactive ketones (excluding diaryl/α,β-unsaturated/α-hetero) is 1. The van der Waals surface area contributed by atoms with Gasteiger partial charge in [0, 0.05) is 12.1 Å². The van der Waals surface area contributed by atoms with Gasteiger partial charge < -0.3 is 15.1 Å². The molecule has 1 heterocycles. The molecule has 1 saturated heterocycles. The molecule has 1 amide bonds. The Labute approximate surface area is 184 Å². The number of likely N-dealkylation sites (tertiary alicyclic amines) is 1. The van der Waals surface area contributed by atoms with E-state index in [1.807, 2.05) is 32.0 Å². The van der Waals surface area contributed by atoms with Gasteiger partial charge in [0.25, 0.3) is 11.7 Å². The topological polar surface area (TPSA) is 77.8 Å². The molecule has 1 atom stereocenters. The molecular formula is C26H31NO4. The van der Waals surface area contributed by atoms with Crippen molar-refractivity contribution in [2.45, 2.75) is 58.9 Å². The van der Waals surface area contributed by atoms with Crippen LogP contribution in [0.2, 0.25) is 0 Å². The molecule has 164 valence electrons. The van der Waals surface area contributed by atoms with Crippen molar-refractivity contribution in [3.8, 4) is 5.75 Å². The van der Waals surface area contributed by atoms with Crippen LogP contribution in [0.1, 0.15) is 68.8 Å². The first kappa shape index (κ1) is 22.6. The van der Waals surface area contributed by atoms with Crippen molar-refractivity contribution >= 4 is 17.4 Å². The number of carbonyl (C=O) groups is 2. The molecular weight excluding hydrogens is 390 g/mol. The molecule has 0 aromatic heterocycles. The van der Waals surface area contributed by atoms with E-state index < -0.39 is 17.7 Å². The second-order valence-corrected chi connectivity index (χ2v) is 9.22. The van der Waals surface area contributed by atoms with Gasteiger partial charge in [0.2, 0.25) is 0 Å². The number of aryl methyl sites for hydroxylation is 1. The first-order valence-corrected chi connectivity index (χ1v) is 10.7. The summed E-state index contributed by atoms with van der Waals surface area (Å²) in [7, 11) is 0. The molecule has 1 aliphatic rings. The van der Waals surface area contributed by atoms with Gasteiger partial charge in [-0.3, -0.25) is 9.59 Å². The van der Waals surface area contributed by atoms with Gasteiger partial charge in [-0.2, -0.15) is 0 Å². The Morgan fingerprint density at radius 3 is 2.29 bits per heavy atom. The monoisotopic (exact) mass is 421 g/mol. The molecule has 0 bridgehead atoms. The summed E-state index contributed by atoms with van der Waals surface area (Å²) < 4.78 is 0. The number of amides is 1. The van der Waals surface area contributed by atoms with Crippen molar-refractivity contribution in [1.29, 1.82) is 0 Å². The predicted octanol–water partition coefficient (Wildman–Crippen LogP) is 5.22. The van der Waals surface area contributed by atoms with Crippen molar-refractivity contribution in [3.05, 3.63) is 70.3 Å². The van der Waals surface area contributed by atoms with Crippen LogP contribution in [0.3, 0.4) is 0 Å². The van der Waals surface area contributed by atoms with E-state index in [4.69, 9.17) is 0 Å². The number of benzene rings is 2. The number of nitrogens with zero attached hydrogens (tertiary/aromatic N) is 1. The normalized spacial score (nSPS) is 18.6. The number of phenolic OH excluding ortho intramolecular Hbond substituents is 1. The number of ketones is 1. The third kappa shape index (κ3) is 4.36. The summed E-state index contributed by atoms with van der Waals surface area (Å²) in [6, 6.07) is 11.6. The molecule has 1 fully saturated rings. The molecule has 5 nitrogen and oxygen atoms in total. The summed E-state index contributed by atoms with van der Waals surface area (Å²) in [5.74, 6) is -1.33. The van der Waals surface area contributed by atoms with Crippen LogP contribution in [0.15, 0.2) is 48.0 Å². The standard InChI is InChI=1S/C26H31NO4/c1-6-7-14-27-22(17-9-12-19(28)13-10-17)21(24(30)25(27)31)23(29)20-15-18(26(3,4)5)11-8-16(20)2/h8-13,15,22,28-29H,6-7,14H2,1-5H3/b23-21+. The number of carbonyl (C=O) groups excluding carboxylic acids is 2. The van der Waals surface area contributed by atoms with E-state index in [0.717, 1.165) is 24.0 Å². The van der Waals surface area contributed by atoms with E-state index in [2.05, 4.69) is 20.8 Å². The highest BCUT2D eigenvalue weighted by atomic mass is 16.3. The summed E-state index contributed by atoms with van der Waals surface area (Å²) in [6.45, 7) is 10.6. The van der Waals surface area contributed by atoms with E-state index in [0.29, 0.717) is 17.7 Å². The Kier molecular flexibility index (Phi) is 6.25. The van der Waals surface area contributed by atoms with Crippen molar-refractivity contribution in [1.82, 2.24) is 4.90 Å². The third-order valence-corrected chi connectivity index (χ3v) is 5.86. The van der Waals surface area contributed by atoms with E-state index in [9.17, 15) is 19.8 Å². The lowest BCUT2D eigenvalue weighted by Gasteiger charge is -2.26. The van der Waals surface area contributed by atoms with Crippen LogP contribution >= 0.6 is 0 Å². The van der Waals surface area contributed by atoms with Crippen LogP contribution in [0.4, 0.5) is 0 Å². The highest BCUT2D eigenvalue weighted by Gasteiger charge is 2.45. The van der Waals surface area contributed by atoms with Gasteiger partial charge in [-0.15, -0.1) is 0 Å². The van der Waals surface area contributed by atoms with Crippen LogP contribution in [0.5, 0.6) is 5.75 Å². The Morgan fingerprint density at radius 2 is 1.71 bits per heavy atom. The molecule has 3 rings (SSSR count). The second-order valence-electron chi connectivity index (χ2n) is 9.22. The maximum absolute atomic E-state index is 13.1. The van der Waals surface area contributed by atoms with Gasteiger partial charge in [0.15, 0.2) is 0 Å². The lowest BCUT2D eigenvalue weighted by Crippen LogP contribution is -2.30. The Morgan fingerprint density at radius 1 is 1.06 bits per heavy atom. The first-order valence-electron chi connectivity index (χ1n) is 10.7. The Bertz CT molecular complexity index is 1030. The van der Waals surface area contributed by atoms with Gasteiger partial charge in [-0.05, 0) is 53.6 Å². The summed E-state index contributed by atoms with van der Waals surface area (Å²) in [5, 5.41) is 21.0. The lowest BCUT2D eigenvalue weighted by atomic mass is 9.84. The minimum atomic E-state index is -0.690. The number of aromatic hydroxyl groups is 1. The van der Waals surface area contributed by atoms with Crippen molar-refractivity contribution in [3.63, 3.8) is 0 Å². The Hall–Kier alpha value is -3.08. The van der Waals surface area contributed by atoms with Gasteiger partial charge in [0.1, 0.15) is 11.5 Å². The average molecular weight is 422 g/mol. The van der Waals surface area contributed by atoms with Gasteiger partial charge >= 0.3 is 0 Å². The number of rotatable bonds is 5. The first-order chi connectivity index (χ1) is 14.6. The highest BCUT2D eigenvalue weighted by molar-refractivity contribution is 6.46. The van der Waals surface area contributed by atoms with Gasteiger partial charge in [-0.25, -0.2) is 0 Å². The maximum Gasteiger partial charge on any atom is 0.295 e. The minimum absolute atomic E-state index is 0.0981. The molecule has 1 unspecified atom stereocenters. The van der Waals surface area contributed by atoms with Crippen molar-refractivity contribution < 1.29 is 19.8 Å². The van der Waals surface area contributed by atoms with Crippen LogP contribution in [-0.4, -0.2) is 33.3 Å². The largest absolute Gasteiger partial charge is 0.508 e. The summed E-state index contributed by atoms with van der Waals surface area (Å²) in [4.78, 5) is 27.5. The smallest absolute Gasteiger partial charge is 0.295 e. The predicted molar refractivity (Wildman–Crippen MR) is 122 cm³/mol. The SMILES string of the molecule is CCCCN1C(=O)C(=O)/C(=C(/O)c2cc(C(C)(C)C)ccc2C)C1c1ccc(O)cc1. The number of aliphatic hydroxyl groups excluding tert-OH is 1. The molecule has 0 aliphatic carbocycles. The minimum Gasteiger partial charge on any atom is -0.508 e. The number of unbranched alkanes of at least 4 members (excludes halogenated alkanes) is 1. The molecule has 1 aliphatic heterocycles. The fourth-order valence-electron chi connectivity index (χ4n) is 3.93. The number of hydrogen-bond donors (Lipinski definition) is 2. The maximum atomic E-state index is 13.1. The molecule has 0 radical (unpaired) electrons. The molecule has 2 N–H and O–H groups in total. The molecule has 0 saturated carbocycles. The van der Waals surface area contributed by atoms with Gasteiger partial charge in [-0.1, -0.05) is 58.4 Å². The zero-order valence-corrected chi connectivity index (χ0v) is 18.9. The quantitative estimate of drug-likeness (QED) is 0.394. The molecule has 5 heteroatoms. The molecule has 2 aromatic carbocycles. The number of hydrogen-bond acceptors (Lipinski definition) is 4. The van der Waals surface area contributed by atoms with Crippen molar-refractivity contribution in [2.24, 2.45) is 0 Å². The van der Waals surface area contributed by atoms with E-state index >= 15 is 0 Å². The van der Waals surface area contributed by atoms with E-state index in [1.165, 1.54) is 17.0 Å². The molecule has 0 spiro atoms. The number of aliphatic hydroxyl groups is 1. The van der Waals surface area contributed by atoms with Crippen LogP contribution in [0.25, 0.3) is 5.76 Å². The zero-order valence-electron chi connectivity index (χ0n) is 18.9.